The van der Waals surface area contributed by atoms with Gasteiger partial charge in [0, 0.05) is 31.9 Å². The van der Waals surface area contributed by atoms with Gasteiger partial charge >= 0.3 is 0 Å². The molecule has 1 aromatic heterocycles. The number of carbonyl (C=O) groups is 2. The van der Waals surface area contributed by atoms with E-state index in [2.05, 4.69) is 15.6 Å². The molecule has 2 atom stereocenters. The predicted molar refractivity (Wildman–Crippen MR) is 94.2 cm³/mol. The van der Waals surface area contributed by atoms with Crippen LogP contribution < -0.4 is 10.6 Å². The molecular formula is C19H29N3O2. The average molecular weight is 331 g/mol. The molecule has 0 saturated heterocycles. The SMILES string of the molecule is CNC(=O)[C@@H]1CC[C@](C)(C(=O)NCCCc2cccnc2)C1(C)C. The summed E-state index contributed by atoms with van der Waals surface area (Å²) in [4.78, 5) is 29.0. The van der Waals surface area contributed by atoms with Crippen LogP contribution in [0, 0.1) is 16.7 Å². The minimum atomic E-state index is -0.515. The quantitative estimate of drug-likeness (QED) is 0.786. The lowest BCUT2D eigenvalue weighted by atomic mass is 9.65. The number of pyridine rings is 1. The molecule has 5 nitrogen and oxygen atoms in total. The predicted octanol–water partition coefficient (Wildman–Crippen LogP) is 2.32. The lowest BCUT2D eigenvalue weighted by molar-refractivity contribution is -0.138. The van der Waals surface area contributed by atoms with Crippen molar-refractivity contribution in [2.45, 2.75) is 46.5 Å². The summed E-state index contributed by atoms with van der Waals surface area (Å²) in [5.74, 6) is -0.0214. The minimum absolute atomic E-state index is 0.0353. The van der Waals surface area contributed by atoms with Crippen molar-refractivity contribution in [1.29, 1.82) is 0 Å². The fraction of sp³-hybridized carbons (Fsp3) is 0.632. The van der Waals surface area contributed by atoms with Gasteiger partial charge in [0.1, 0.15) is 0 Å². The Morgan fingerprint density at radius 2 is 2.08 bits per heavy atom. The fourth-order valence-electron chi connectivity index (χ4n) is 3.78. The summed E-state index contributed by atoms with van der Waals surface area (Å²) in [5, 5.41) is 5.81. The van der Waals surface area contributed by atoms with E-state index in [-0.39, 0.29) is 23.1 Å². The zero-order valence-corrected chi connectivity index (χ0v) is 15.2. The van der Waals surface area contributed by atoms with Crippen LogP contribution in [-0.4, -0.2) is 30.4 Å². The van der Waals surface area contributed by atoms with Gasteiger partial charge in [-0.25, -0.2) is 0 Å². The van der Waals surface area contributed by atoms with Crippen LogP contribution in [-0.2, 0) is 16.0 Å². The van der Waals surface area contributed by atoms with Crippen molar-refractivity contribution in [3.05, 3.63) is 30.1 Å². The molecule has 0 aromatic carbocycles. The molecule has 0 aliphatic heterocycles. The lowest BCUT2D eigenvalue weighted by Crippen LogP contribution is -2.49. The first kappa shape index (κ1) is 18.4. The molecule has 1 fully saturated rings. The molecule has 1 aromatic rings. The van der Waals surface area contributed by atoms with Crippen molar-refractivity contribution in [3.63, 3.8) is 0 Å². The van der Waals surface area contributed by atoms with Crippen molar-refractivity contribution >= 4 is 11.8 Å². The van der Waals surface area contributed by atoms with E-state index in [1.807, 2.05) is 39.1 Å². The standard InChI is InChI=1S/C19H29N3O2/c1-18(2)15(16(23)20-4)9-10-19(18,3)17(24)22-12-6-8-14-7-5-11-21-13-14/h5,7,11,13,15H,6,8-10,12H2,1-4H3,(H,20,23)(H,22,24)/t15-,19+/m0/s1. The summed E-state index contributed by atoms with van der Waals surface area (Å²) in [7, 11) is 1.66. The number of carbonyl (C=O) groups excluding carboxylic acids is 2. The third-order valence-corrected chi connectivity index (χ3v) is 5.94. The van der Waals surface area contributed by atoms with E-state index in [9.17, 15) is 9.59 Å². The Morgan fingerprint density at radius 1 is 1.33 bits per heavy atom. The van der Waals surface area contributed by atoms with Gasteiger partial charge in [0.15, 0.2) is 0 Å². The maximum Gasteiger partial charge on any atom is 0.226 e. The number of aromatic nitrogens is 1. The molecule has 0 spiro atoms. The van der Waals surface area contributed by atoms with E-state index in [1.54, 1.807) is 13.2 Å². The first-order valence-corrected chi connectivity index (χ1v) is 8.71. The highest BCUT2D eigenvalue weighted by molar-refractivity contribution is 5.87. The average Bonchev–Trinajstić information content (AvgIpc) is 2.82. The van der Waals surface area contributed by atoms with Crippen molar-refractivity contribution in [3.8, 4) is 0 Å². The van der Waals surface area contributed by atoms with Gasteiger partial charge in [0.2, 0.25) is 11.8 Å². The van der Waals surface area contributed by atoms with Crippen molar-refractivity contribution in [2.24, 2.45) is 16.7 Å². The molecule has 2 N–H and O–H groups in total. The first-order valence-electron chi connectivity index (χ1n) is 8.71. The zero-order chi connectivity index (χ0) is 17.8. The molecule has 24 heavy (non-hydrogen) atoms. The third kappa shape index (κ3) is 3.45. The molecule has 1 aliphatic rings. The summed E-state index contributed by atoms with van der Waals surface area (Å²) >= 11 is 0. The van der Waals surface area contributed by atoms with Crippen LogP contribution in [0.3, 0.4) is 0 Å². The molecule has 2 amide bonds. The highest BCUT2D eigenvalue weighted by atomic mass is 16.2. The summed E-state index contributed by atoms with van der Waals surface area (Å²) in [6.07, 6.45) is 6.90. The number of amides is 2. The minimum Gasteiger partial charge on any atom is -0.359 e. The molecule has 1 heterocycles. The highest BCUT2D eigenvalue weighted by Gasteiger charge is 2.57. The molecular weight excluding hydrogens is 302 g/mol. The van der Waals surface area contributed by atoms with Gasteiger partial charge in [-0.2, -0.15) is 0 Å². The summed E-state index contributed by atoms with van der Waals surface area (Å²) in [6.45, 7) is 6.71. The molecule has 132 valence electrons. The fourth-order valence-corrected chi connectivity index (χ4v) is 3.78. The number of aryl methyl sites for hydroxylation is 1. The number of nitrogens with one attached hydrogen (secondary N) is 2. The Morgan fingerprint density at radius 3 is 2.71 bits per heavy atom. The van der Waals surface area contributed by atoms with Gasteiger partial charge < -0.3 is 10.6 Å². The van der Waals surface area contributed by atoms with Crippen LogP contribution in [0.5, 0.6) is 0 Å². The first-order chi connectivity index (χ1) is 11.3. The highest BCUT2D eigenvalue weighted by Crippen LogP contribution is 2.56. The van der Waals surface area contributed by atoms with E-state index >= 15 is 0 Å². The Hall–Kier alpha value is -1.91. The van der Waals surface area contributed by atoms with Gasteiger partial charge in [0.25, 0.3) is 0 Å². The van der Waals surface area contributed by atoms with Crippen LogP contribution in [0.25, 0.3) is 0 Å². The molecule has 0 unspecified atom stereocenters. The van der Waals surface area contributed by atoms with Gasteiger partial charge in [-0.3, -0.25) is 14.6 Å². The number of nitrogens with zero attached hydrogens (tertiary/aromatic N) is 1. The van der Waals surface area contributed by atoms with Crippen LogP contribution in [0.2, 0.25) is 0 Å². The van der Waals surface area contributed by atoms with Gasteiger partial charge in [-0.15, -0.1) is 0 Å². The second-order valence-corrected chi connectivity index (χ2v) is 7.48. The van der Waals surface area contributed by atoms with E-state index < -0.39 is 5.41 Å². The second-order valence-electron chi connectivity index (χ2n) is 7.48. The van der Waals surface area contributed by atoms with E-state index in [1.165, 1.54) is 5.56 Å². The maximum absolute atomic E-state index is 12.8. The molecule has 5 heteroatoms. The van der Waals surface area contributed by atoms with Crippen molar-refractivity contribution < 1.29 is 9.59 Å². The van der Waals surface area contributed by atoms with Crippen molar-refractivity contribution in [2.75, 3.05) is 13.6 Å². The molecule has 1 saturated carbocycles. The largest absolute Gasteiger partial charge is 0.359 e. The van der Waals surface area contributed by atoms with Gasteiger partial charge in [-0.05, 0) is 42.7 Å². The Bertz CT molecular complexity index is 586. The summed E-state index contributed by atoms with van der Waals surface area (Å²) in [5.41, 5.74) is 0.303. The molecule has 1 aliphatic carbocycles. The Labute approximate surface area is 144 Å². The monoisotopic (exact) mass is 331 g/mol. The number of rotatable bonds is 6. The van der Waals surface area contributed by atoms with Gasteiger partial charge in [0.05, 0.1) is 5.41 Å². The topological polar surface area (TPSA) is 71.1 Å². The van der Waals surface area contributed by atoms with E-state index in [0.29, 0.717) is 6.54 Å². The summed E-state index contributed by atoms with van der Waals surface area (Å²) < 4.78 is 0. The van der Waals surface area contributed by atoms with Crippen LogP contribution in [0.15, 0.2) is 24.5 Å². The van der Waals surface area contributed by atoms with E-state index in [4.69, 9.17) is 0 Å². The second kappa shape index (κ2) is 7.32. The Kier molecular flexibility index (Phi) is 5.62. The molecule has 2 rings (SSSR count). The number of hydrogen-bond acceptors (Lipinski definition) is 3. The maximum atomic E-state index is 12.8. The summed E-state index contributed by atoms with van der Waals surface area (Å²) in [6, 6.07) is 3.97. The molecule has 0 bridgehead atoms. The normalized spacial score (nSPS) is 25.2. The van der Waals surface area contributed by atoms with E-state index in [0.717, 1.165) is 25.7 Å². The Balaban J connectivity index is 1.90. The van der Waals surface area contributed by atoms with Gasteiger partial charge in [-0.1, -0.05) is 26.8 Å². The molecule has 0 radical (unpaired) electrons. The van der Waals surface area contributed by atoms with Crippen molar-refractivity contribution in [1.82, 2.24) is 15.6 Å². The zero-order valence-electron chi connectivity index (χ0n) is 15.2. The third-order valence-electron chi connectivity index (χ3n) is 5.94. The lowest BCUT2D eigenvalue weighted by Gasteiger charge is -2.39. The van der Waals surface area contributed by atoms with Crippen LogP contribution in [0.1, 0.15) is 45.6 Å². The van der Waals surface area contributed by atoms with Crippen LogP contribution in [0.4, 0.5) is 0 Å². The van der Waals surface area contributed by atoms with Crippen LogP contribution >= 0.6 is 0 Å². The smallest absolute Gasteiger partial charge is 0.226 e. The number of hydrogen-bond donors (Lipinski definition) is 2.